The maximum absolute atomic E-state index is 12.1. The highest BCUT2D eigenvalue weighted by molar-refractivity contribution is 9.10. The first-order chi connectivity index (χ1) is 10.1. The summed E-state index contributed by atoms with van der Waals surface area (Å²) in [5, 5.41) is 11.9. The van der Waals surface area contributed by atoms with Crippen LogP contribution >= 0.6 is 15.9 Å². The average molecular weight is 348 g/mol. The number of carbonyl (C=O) groups is 2. The topological polar surface area (TPSA) is 66.4 Å². The molecule has 108 valence electrons. The number of phenolic OH excluding ortho intramolecular Hbond substituents is 1. The molecule has 0 radical (unpaired) electrons. The van der Waals surface area contributed by atoms with Crippen molar-refractivity contribution in [1.82, 2.24) is 5.32 Å². The van der Waals surface area contributed by atoms with Crippen LogP contribution in [0.3, 0.4) is 0 Å². The lowest BCUT2D eigenvalue weighted by atomic mass is 10.1. The van der Waals surface area contributed by atoms with E-state index in [1.165, 1.54) is 0 Å². The van der Waals surface area contributed by atoms with Crippen molar-refractivity contribution in [3.8, 4) is 5.75 Å². The fourth-order valence-corrected chi connectivity index (χ4v) is 2.38. The van der Waals surface area contributed by atoms with Crippen LogP contribution in [0.2, 0.25) is 0 Å². The van der Waals surface area contributed by atoms with Crippen LogP contribution in [0.15, 0.2) is 53.0 Å². The molecule has 0 aromatic heterocycles. The quantitative estimate of drug-likeness (QED) is 0.817. The molecule has 2 aromatic carbocycles. The highest BCUT2D eigenvalue weighted by atomic mass is 79.9. The van der Waals surface area contributed by atoms with Crippen molar-refractivity contribution < 1.29 is 14.7 Å². The van der Waals surface area contributed by atoms with Gasteiger partial charge in [-0.25, -0.2) is 0 Å². The second-order valence-electron chi connectivity index (χ2n) is 4.57. The Balaban J connectivity index is 2.05. The molecule has 2 N–H and O–H groups in total. The van der Waals surface area contributed by atoms with Crippen molar-refractivity contribution in [2.45, 2.75) is 12.5 Å². The molecule has 0 saturated heterocycles. The molecule has 4 nitrogen and oxygen atoms in total. The van der Waals surface area contributed by atoms with E-state index >= 15 is 0 Å². The molecule has 0 aliphatic rings. The fraction of sp³-hybridized carbons (Fsp3) is 0.125. The number of carbonyl (C=O) groups excluding carboxylic acids is 2. The monoisotopic (exact) mass is 347 g/mol. The van der Waals surface area contributed by atoms with Gasteiger partial charge in [-0.05, 0) is 52.2 Å². The maximum atomic E-state index is 12.1. The van der Waals surface area contributed by atoms with E-state index in [0.29, 0.717) is 22.7 Å². The van der Waals surface area contributed by atoms with Gasteiger partial charge in [0, 0.05) is 4.47 Å². The molecule has 0 aliphatic carbocycles. The summed E-state index contributed by atoms with van der Waals surface area (Å²) >= 11 is 3.31. The molecule has 2 rings (SSSR count). The molecule has 0 aliphatic heterocycles. The van der Waals surface area contributed by atoms with Gasteiger partial charge >= 0.3 is 0 Å². The van der Waals surface area contributed by atoms with Crippen molar-refractivity contribution in [1.29, 1.82) is 0 Å². The second kappa shape index (κ2) is 7.04. The number of amides is 1. The fourth-order valence-electron chi connectivity index (χ4n) is 1.91. The Morgan fingerprint density at radius 2 is 1.86 bits per heavy atom. The van der Waals surface area contributed by atoms with E-state index in [-0.39, 0.29) is 11.7 Å². The summed E-state index contributed by atoms with van der Waals surface area (Å²) in [6.07, 6.45) is 1.08. The number of nitrogens with one attached hydrogen (secondary N) is 1. The average Bonchev–Trinajstić information content (AvgIpc) is 2.49. The Morgan fingerprint density at radius 1 is 1.19 bits per heavy atom. The Labute approximate surface area is 130 Å². The van der Waals surface area contributed by atoms with Crippen molar-refractivity contribution in [2.75, 3.05) is 0 Å². The normalized spacial score (nSPS) is 11.7. The number of rotatable bonds is 5. The summed E-state index contributed by atoms with van der Waals surface area (Å²) in [7, 11) is 0. The zero-order valence-electron chi connectivity index (χ0n) is 11.1. The van der Waals surface area contributed by atoms with Crippen molar-refractivity contribution in [3.63, 3.8) is 0 Å². The molecule has 21 heavy (non-hydrogen) atoms. The first-order valence-electron chi connectivity index (χ1n) is 6.38. The molecule has 0 fully saturated rings. The lowest BCUT2D eigenvalue weighted by Gasteiger charge is -2.13. The van der Waals surface area contributed by atoms with Gasteiger partial charge in [-0.15, -0.1) is 0 Å². The van der Waals surface area contributed by atoms with Gasteiger partial charge in [-0.2, -0.15) is 0 Å². The lowest BCUT2D eigenvalue weighted by Crippen LogP contribution is -2.37. The predicted molar refractivity (Wildman–Crippen MR) is 83.3 cm³/mol. The predicted octanol–water partition coefficient (Wildman–Crippen LogP) is 2.69. The molecule has 1 atom stereocenters. The van der Waals surface area contributed by atoms with Crippen molar-refractivity contribution in [3.05, 3.63) is 64.1 Å². The molecular weight excluding hydrogens is 334 g/mol. The van der Waals surface area contributed by atoms with Gasteiger partial charge in [0.15, 0.2) is 0 Å². The Morgan fingerprint density at radius 3 is 2.48 bits per heavy atom. The third-order valence-electron chi connectivity index (χ3n) is 2.99. The third kappa shape index (κ3) is 4.16. The van der Waals surface area contributed by atoms with Crippen LogP contribution in [0, 0.1) is 0 Å². The van der Waals surface area contributed by atoms with Crippen LogP contribution in [0.5, 0.6) is 5.75 Å². The minimum absolute atomic E-state index is 0.165. The summed E-state index contributed by atoms with van der Waals surface area (Å²) in [4.78, 5) is 23.3. The van der Waals surface area contributed by atoms with E-state index in [0.717, 1.165) is 5.56 Å². The Bertz CT molecular complexity index is 640. The van der Waals surface area contributed by atoms with E-state index in [9.17, 15) is 14.7 Å². The van der Waals surface area contributed by atoms with Gasteiger partial charge in [0.25, 0.3) is 5.91 Å². The van der Waals surface area contributed by atoms with Crippen LogP contribution < -0.4 is 5.32 Å². The maximum Gasteiger partial charge on any atom is 0.253 e. The first kappa shape index (κ1) is 15.3. The molecule has 0 heterocycles. The molecule has 0 saturated carbocycles. The SMILES string of the molecule is O=CC(Cc1ccc(O)cc1)NC(=O)c1ccccc1Br. The van der Waals surface area contributed by atoms with Crippen LogP contribution in [0.4, 0.5) is 0 Å². The number of aromatic hydroxyl groups is 1. The molecule has 5 heteroatoms. The highest BCUT2D eigenvalue weighted by Crippen LogP contribution is 2.16. The number of hydrogen-bond acceptors (Lipinski definition) is 3. The van der Waals surface area contributed by atoms with E-state index in [1.807, 2.05) is 6.07 Å². The zero-order valence-corrected chi connectivity index (χ0v) is 12.7. The van der Waals surface area contributed by atoms with E-state index in [2.05, 4.69) is 21.2 Å². The van der Waals surface area contributed by atoms with Crippen molar-refractivity contribution >= 4 is 28.1 Å². The number of phenols is 1. The summed E-state index contributed by atoms with van der Waals surface area (Å²) in [6, 6.07) is 12.9. The molecule has 1 amide bonds. The summed E-state index contributed by atoms with van der Waals surface area (Å²) in [5.41, 5.74) is 1.34. The minimum atomic E-state index is -0.617. The Hall–Kier alpha value is -2.14. The van der Waals surface area contributed by atoms with Gasteiger partial charge < -0.3 is 15.2 Å². The van der Waals surface area contributed by atoms with Gasteiger partial charge in [0.2, 0.25) is 0 Å². The summed E-state index contributed by atoms with van der Waals surface area (Å²) < 4.78 is 0.678. The summed E-state index contributed by atoms with van der Waals surface area (Å²) in [5.74, 6) is -0.142. The highest BCUT2D eigenvalue weighted by Gasteiger charge is 2.15. The number of halogens is 1. The summed E-state index contributed by atoms with van der Waals surface area (Å²) in [6.45, 7) is 0. The molecular formula is C16H14BrNO3. The van der Waals surface area contributed by atoms with Gasteiger partial charge in [0.05, 0.1) is 11.6 Å². The second-order valence-corrected chi connectivity index (χ2v) is 5.42. The van der Waals surface area contributed by atoms with Crippen LogP contribution in [-0.4, -0.2) is 23.3 Å². The van der Waals surface area contributed by atoms with E-state index in [4.69, 9.17) is 0 Å². The number of aldehydes is 1. The van der Waals surface area contributed by atoms with Crippen LogP contribution in [-0.2, 0) is 11.2 Å². The molecule has 1 unspecified atom stereocenters. The smallest absolute Gasteiger partial charge is 0.253 e. The van der Waals surface area contributed by atoms with Gasteiger partial charge in [0.1, 0.15) is 12.0 Å². The van der Waals surface area contributed by atoms with Gasteiger partial charge in [-0.1, -0.05) is 24.3 Å². The molecule has 0 bridgehead atoms. The first-order valence-corrected chi connectivity index (χ1v) is 7.18. The van der Waals surface area contributed by atoms with Gasteiger partial charge in [-0.3, -0.25) is 4.79 Å². The zero-order chi connectivity index (χ0) is 15.2. The molecule has 2 aromatic rings. The van der Waals surface area contributed by atoms with E-state index < -0.39 is 6.04 Å². The third-order valence-corrected chi connectivity index (χ3v) is 3.68. The standard InChI is InChI=1S/C16H14BrNO3/c17-15-4-2-1-3-14(15)16(21)18-12(10-19)9-11-5-7-13(20)8-6-11/h1-8,10,12,20H,9H2,(H,18,21). The Kier molecular flexibility index (Phi) is 5.11. The van der Waals surface area contributed by atoms with Crippen molar-refractivity contribution in [2.24, 2.45) is 0 Å². The lowest BCUT2D eigenvalue weighted by molar-refractivity contribution is -0.109. The van der Waals surface area contributed by atoms with Crippen LogP contribution in [0.25, 0.3) is 0 Å². The number of hydrogen-bond donors (Lipinski definition) is 2. The van der Waals surface area contributed by atoms with Crippen LogP contribution in [0.1, 0.15) is 15.9 Å². The van der Waals surface area contributed by atoms with E-state index in [1.54, 1.807) is 42.5 Å². The minimum Gasteiger partial charge on any atom is -0.508 e. The molecule has 0 spiro atoms. The number of benzene rings is 2. The largest absolute Gasteiger partial charge is 0.508 e.